The Balaban J connectivity index is 4.47. The van der Waals surface area contributed by atoms with Crippen LogP contribution < -0.4 is 5.73 Å². The highest BCUT2D eigenvalue weighted by atomic mass is 32.2. The zero-order chi connectivity index (χ0) is 10.6. The number of hydrogen-bond donors (Lipinski definition) is 3. The van der Waals surface area contributed by atoms with Gasteiger partial charge >= 0.3 is 5.97 Å². The van der Waals surface area contributed by atoms with Crippen molar-refractivity contribution in [3.8, 4) is 0 Å². The van der Waals surface area contributed by atoms with Gasteiger partial charge in [-0.3, -0.25) is 14.1 Å². The first-order valence-corrected chi connectivity index (χ1v) is 4.73. The van der Waals surface area contributed by atoms with Crippen molar-refractivity contribution in [1.82, 2.24) is 0 Å². The van der Waals surface area contributed by atoms with Crippen LogP contribution in [-0.4, -0.2) is 35.2 Å². The van der Waals surface area contributed by atoms with Gasteiger partial charge in [0.25, 0.3) is 10.1 Å². The Kier molecular flexibility index (Phi) is 3.82. The fourth-order valence-corrected chi connectivity index (χ4v) is 1.34. The van der Waals surface area contributed by atoms with E-state index < -0.39 is 40.1 Å². The molecule has 0 aliphatic rings. The monoisotopic (exact) mass is 211 g/mol. The van der Waals surface area contributed by atoms with Crippen molar-refractivity contribution in [3.05, 3.63) is 0 Å². The average molecular weight is 211 g/mol. The number of carboxylic acid groups (broad SMARTS) is 1. The first kappa shape index (κ1) is 11.8. The molecule has 0 aromatic carbocycles. The van der Waals surface area contributed by atoms with E-state index in [4.69, 9.17) is 9.66 Å². The van der Waals surface area contributed by atoms with E-state index in [1.54, 1.807) is 0 Å². The number of hydrogen-bond acceptors (Lipinski definition) is 4. The van der Waals surface area contributed by atoms with Gasteiger partial charge in [-0.1, -0.05) is 0 Å². The number of amides is 1. The second-order valence-electron chi connectivity index (χ2n) is 2.35. The van der Waals surface area contributed by atoms with E-state index in [0.29, 0.717) is 0 Å². The Morgan fingerprint density at radius 3 is 2.08 bits per heavy atom. The van der Waals surface area contributed by atoms with Crippen LogP contribution in [0.2, 0.25) is 0 Å². The molecule has 0 aliphatic heterocycles. The Morgan fingerprint density at radius 1 is 1.38 bits per heavy atom. The van der Waals surface area contributed by atoms with E-state index in [1.807, 2.05) is 0 Å². The molecule has 0 saturated carbocycles. The maximum atomic E-state index is 10.4. The molecule has 4 N–H and O–H groups in total. The Bertz CT molecular complexity index is 307. The summed E-state index contributed by atoms with van der Waals surface area (Å²) >= 11 is 0. The summed E-state index contributed by atoms with van der Waals surface area (Å²) in [5, 5.41) is 6.34. The predicted molar refractivity (Wildman–Crippen MR) is 41.4 cm³/mol. The quantitative estimate of drug-likeness (QED) is 0.478. The molecule has 0 saturated heterocycles. The summed E-state index contributed by atoms with van der Waals surface area (Å²) in [6.45, 7) is 0. The Hall–Kier alpha value is -1.15. The third-order valence-electron chi connectivity index (χ3n) is 1.29. The lowest BCUT2D eigenvalue weighted by molar-refractivity contribution is -0.136. The van der Waals surface area contributed by atoms with E-state index in [0.717, 1.165) is 0 Å². The van der Waals surface area contributed by atoms with Gasteiger partial charge < -0.3 is 10.8 Å². The van der Waals surface area contributed by atoms with Crippen molar-refractivity contribution < 1.29 is 27.7 Å². The highest BCUT2D eigenvalue weighted by Crippen LogP contribution is 2.06. The van der Waals surface area contributed by atoms with Crippen LogP contribution in [0.1, 0.15) is 12.8 Å². The van der Waals surface area contributed by atoms with Crippen LogP contribution in [-0.2, 0) is 19.7 Å². The number of carbonyl (C=O) groups is 2. The van der Waals surface area contributed by atoms with Gasteiger partial charge in [-0.2, -0.15) is 8.42 Å². The molecule has 0 heterocycles. The topological polar surface area (TPSA) is 135 Å². The Morgan fingerprint density at radius 2 is 1.85 bits per heavy atom. The molecular formula is C5H9NO6S. The number of aliphatic carboxylic acids is 1. The van der Waals surface area contributed by atoms with Crippen molar-refractivity contribution in [1.29, 1.82) is 0 Å². The van der Waals surface area contributed by atoms with E-state index in [1.165, 1.54) is 0 Å². The molecular weight excluding hydrogens is 202 g/mol. The van der Waals surface area contributed by atoms with E-state index in [9.17, 15) is 18.0 Å². The number of nitrogens with two attached hydrogens (primary N) is 1. The minimum atomic E-state index is -4.67. The summed E-state index contributed by atoms with van der Waals surface area (Å²) in [5.41, 5.74) is 4.68. The zero-order valence-electron chi connectivity index (χ0n) is 6.50. The van der Waals surface area contributed by atoms with E-state index in [2.05, 4.69) is 5.73 Å². The Labute approximate surface area is 74.3 Å². The third-order valence-corrected chi connectivity index (χ3v) is 2.44. The third kappa shape index (κ3) is 4.43. The van der Waals surface area contributed by atoms with Crippen LogP contribution >= 0.6 is 0 Å². The molecule has 8 heteroatoms. The van der Waals surface area contributed by atoms with Gasteiger partial charge in [0.05, 0.1) is 0 Å². The number of carboxylic acids is 1. The molecule has 1 atom stereocenters. The molecule has 76 valence electrons. The van der Waals surface area contributed by atoms with Gasteiger partial charge in [-0.05, 0) is 6.42 Å². The first-order valence-electron chi connectivity index (χ1n) is 3.22. The van der Waals surface area contributed by atoms with Gasteiger partial charge in [0.15, 0.2) is 5.25 Å². The number of rotatable bonds is 5. The first-order chi connectivity index (χ1) is 5.75. The second-order valence-corrected chi connectivity index (χ2v) is 3.95. The molecule has 0 radical (unpaired) electrons. The summed E-state index contributed by atoms with van der Waals surface area (Å²) in [4.78, 5) is 20.5. The normalized spacial score (nSPS) is 13.6. The maximum absolute atomic E-state index is 10.4. The fraction of sp³-hybridized carbons (Fsp3) is 0.600. The van der Waals surface area contributed by atoms with Crippen molar-refractivity contribution in [2.45, 2.75) is 18.1 Å². The molecule has 1 amide bonds. The second kappa shape index (κ2) is 4.19. The molecule has 0 rings (SSSR count). The maximum Gasteiger partial charge on any atom is 0.324 e. The van der Waals surface area contributed by atoms with Crippen LogP contribution in [0, 0.1) is 0 Å². The highest BCUT2D eigenvalue weighted by molar-refractivity contribution is 7.87. The van der Waals surface area contributed by atoms with Gasteiger partial charge in [0.1, 0.15) is 0 Å². The molecule has 0 fully saturated rings. The van der Waals surface area contributed by atoms with Crippen LogP contribution in [0.25, 0.3) is 0 Å². The molecule has 13 heavy (non-hydrogen) atoms. The van der Waals surface area contributed by atoms with Crippen LogP contribution in [0.4, 0.5) is 0 Å². The van der Waals surface area contributed by atoms with Crippen LogP contribution in [0.3, 0.4) is 0 Å². The minimum Gasteiger partial charge on any atom is -0.480 e. The number of primary amides is 1. The largest absolute Gasteiger partial charge is 0.480 e. The summed E-state index contributed by atoms with van der Waals surface area (Å²) in [5.74, 6) is -2.53. The molecule has 0 aromatic heterocycles. The standard InChI is InChI=1S/C5H9NO6S/c6-4(7)2-1-3(5(8)9)13(10,11)12/h3H,1-2H2,(H2,6,7)(H,8,9)(H,10,11,12)/t3-/m0/s1. The minimum absolute atomic E-state index is 0.406. The summed E-state index contributed by atoms with van der Waals surface area (Å²) in [7, 11) is -4.67. The SMILES string of the molecule is NC(=O)CC[C@@H](C(=O)O)S(=O)(=O)O. The van der Waals surface area contributed by atoms with Crippen molar-refractivity contribution in [2.24, 2.45) is 5.73 Å². The fourth-order valence-electron chi connectivity index (χ4n) is 0.673. The lowest BCUT2D eigenvalue weighted by Crippen LogP contribution is -2.31. The lowest BCUT2D eigenvalue weighted by Gasteiger charge is -2.06. The molecule has 7 nitrogen and oxygen atoms in total. The predicted octanol–water partition coefficient (Wildman–Crippen LogP) is -1.41. The van der Waals surface area contributed by atoms with Gasteiger partial charge in [0, 0.05) is 6.42 Å². The lowest BCUT2D eigenvalue weighted by atomic mass is 10.2. The molecule has 0 aliphatic carbocycles. The smallest absolute Gasteiger partial charge is 0.324 e. The van der Waals surface area contributed by atoms with Gasteiger partial charge in [-0.25, -0.2) is 0 Å². The summed E-state index contributed by atoms with van der Waals surface area (Å²) in [6.07, 6.45) is -0.930. The molecule has 0 bridgehead atoms. The molecule has 0 spiro atoms. The molecule has 0 aromatic rings. The number of carbonyl (C=O) groups excluding carboxylic acids is 1. The molecule has 0 unspecified atom stereocenters. The van der Waals surface area contributed by atoms with Gasteiger partial charge in [0.2, 0.25) is 5.91 Å². The summed E-state index contributed by atoms with van der Waals surface area (Å²) in [6, 6.07) is 0. The van der Waals surface area contributed by atoms with Crippen LogP contribution in [0.5, 0.6) is 0 Å². The van der Waals surface area contributed by atoms with Crippen LogP contribution in [0.15, 0.2) is 0 Å². The van der Waals surface area contributed by atoms with Crippen molar-refractivity contribution in [2.75, 3.05) is 0 Å². The van der Waals surface area contributed by atoms with Crippen molar-refractivity contribution in [3.63, 3.8) is 0 Å². The van der Waals surface area contributed by atoms with E-state index >= 15 is 0 Å². The van der Waals surface area contributed by atoms with Gasteiger partial charge in [-0.15, -0.1) is 0 Å². The zero-order valence-corrected chi connectivity index (χ0v) is 7.32. The summed E-state index contributed by atoms with van der Waals surface area (Å²) < 4.78 is 29.2. The van der Waals surface area contributed by atoms with Crippen molar-refractivity contribution >= 4 is 22.0 Å². The average Bonchev–Trinajstić information content (AvgIpc) is 1.81. The van der Waals surface area contributed by atoms with E-state index in [-0.39, 0.29) is 0 Å². The highest BCUT2D eigenvalue weighted by Gasteiger charge is 2.30.